The minimum Gasteiger partial charge on any atom is -0.311 e. The van der Waals surface area contributed by atoms with Gasteiger partial charge in [0.2, 0.25) is 15.9 Å². The highest BCUT2D eigenvalue weighted by atomic mass is 32.2. The molecule has 27 heavy (non-hydrogen) atoms. The monoisotopic (exact) mass is 391 g/mol. The molecule has 0 aliphatic carbocycles. The lowest BCUT2D eigenvalue weighted by atomic mass is 10.1. The van der Waals surface area contributed by atoms with Gasteiger partial charge in [0.05, 0.1) is 11.4 Å². The molecule has 0 fully saturated rings. The molecule has 1 aliphatic heterocycles. The van der Waals surface area contributed by atoms with Crippen LogP contribution in [-0.2, 0) is 21.2 Å². The minimum absolute atomic E-state index is 0.0533. The lowest BCUT2D eigenvalue weighted by Gasteiger charge is -2.27. The van der Waals surface area contributed by atoms with Crippen LogP contribution in [0.25, 0.3) is 0 Å². The van der Waals surface area contributed by atoms with Gasteiger partial charge in [-0.25, -0.2) is 17.9 Å². The number of nitrogens with zero attached hydrogens (tertiary/aromatic N) is 2. The maximum Gasteiger partial charge on any atom is 0.241 e. The van der Waals surface area contributed by atoms with Crippen LogP contribution in [0.3, 0.4) is 0 Å². The molecule has 0 aromatic heterocycles. The Morgan fingerprint density at radius 1 is 1.26 bits per heavy atom. The fourth-order valence-corrected chi connectivity index (χ4v) is 3.81. The predicted octanol–water partition coefficient (Wildman–Crippen LogP) is 2.06. The number of likely N-dealkylation sites (N-methyl/N-ethyl adjacent to an activating group) is 1. The Morgan fingerprint density at radius 3 is 2.56 bits per heavy atom. The van der Waals surface area contributed by atoms with Crippen molar-refractivity contribution >= 4 is 21.6 Å². The molecule has 0 bridgehead atoms. The van der Waals surface area contributed by atoms with E-state index >= 15 is 0 Å². The first kappa shape index (κ1) is 19.5. The van der Waals surface area contributed by atoms with Crippen LogP contribution in [-0.4, -0.2) is 39.4 Å². The summed E-state index contributed by atoms with van der Waals surface area (Å²) >= 11 is 0. The third kappa shape index (κ3) is 4.18. The third-order valence-corrected chi connectivity index (χ3v) is 5.89. The molecule has 0 saturated carbocycles. The number of sulfonamides is 1. The molecule has 1 atom stereocenters. The SMILES string of the molecule is CC(c1ccc(F)cc1)N(C)CC(=O)N1CCc2cc(S(N)(=O)=O)ccc21. The quantitative estimate of drug-likeness (QED) is 0.846. The fourth-order valence-electron chi connectivity index (χ4n) is 3.25. The summed E-state index contributed by atoms with van der Waals surface area (Å²) in [5, 5.41) is 5.17. The van der Waals surface area contributed by atoms with E-state index in [2.05, 4.69) is 0 Å². The second kappa shape index (κ2) is 7.38. The molecule has 144 valence electrons. The van der Waals surface area contributed by atoms with E-state index in [1.807, 2.05) is 18.9 Å². The molecule has 6 nitrogen and oxygen atoms in total. The Bertz CT molecular complexity index is 961. The molecular weight excluding hydrogens is 369 g/mol. The highest BCUT2D eigenvalue weighted by molar-refractivity contribution is 7.89. The average Bonchev–Trinajstić information content (AvgIpc) is 3.04. The van der Waals surface area contributed by atoms with E-state index < -0.39 is 10.0 Å². The summed E-state index contributed by atoms with van der Waals surface area (Å²) in [4.78, 5) is 16.4. The standard InChI is InChI=1S/C19H22FN3O3S/c1-13(14-3-5-16(20)6-4-14)22(2)12-19(24)23-10-9-15-11-17(27(21,25)26)7-8-18(15)23/h3-8,11,13H,9-10,12H2,1-2H3,(H2,21,25,26). The van der Waals surface area contributed by atoms with Gasteiger partial charge in [-0.05, 0) is 61.9 Å². The number of anilines is 1. The normalized spacial score (nSPS) is 15.1. The second-order valence-electron chi connectivity index (χ2n) is 6.77. The Kier molecular flexibility index (Phi) is 5.32. The molecule has 1 aliphatic rings. The molecule has 0 radical (unpaired) electrons. The first-order valence-electron chi connectivity index (χ1n) is 8.58. The lowest BCUT2D eigenvalue weighted by molar-refractivity contribution is -0.119. The van der Waals surface area contributed by atoms with E-state index in [9.17, 15) is 17.6 Å². The van der Waals surface area contributed by atoms with E-state index in [0.29, 0.717) is 13.0 Å². The predicted molar refractivity (Wildman–Crippen MR) is 101 cm³/mol. The summed E-state index contributed by atoms with van der Waals surface area (Å²) in [6.45, 7) is 2.65. The van der Waals surface area contributed by atoms with Crippen molar-refractivity contribution in [3.63, 3.8) is 0 Å². The number of hydrogen-bond acceptors (Lipinski definition) is 4. The second-order valence-corrected chi connectivity index (χ2v) is 8.33. The van der Waals surface area contributed by atoms with Crippen molar-refractivity contribution in [2.75, 3.05) is 25.0 Å². The molecule has 1 heterocycles. The number of amides is 1. The van der Waals surface area contributed by atoms with Crippen molar-refractivity contribution in [3.8, 4) is 0 Å². The number of benzene rings is 2. The van der Waals surface area contributed by atoms with Gasteiger partial charge in [0.15, 0.2) is 0 Å². The number of halogens is 1. The number of nitrogens with two attached hydrogens (primary N) is 1. The highest BCUT2D eigenvalue weighted by Crippen LogP contribution is 2.30. The van der Waals surface area contributed by atoms with Gasteiger partial charge in [0.25, 0.3) is 0 Å². The molecule has 8 heteroatoms. The summed E-state index contributed by atoms with van der Waals surface area (Å²) < 4.78 is 36.1. The number of rotatable bonds is 5. The van der Waals surface area contributed by atoms with E-state index in [4.69, 9.17) is 5.14 Å². The average molecular weight is 391 g/mol. The zero-order valence-corrected chi connectivity index (χ0v) is 16.0. The Balaban J connectivity index is 1.72. The molecule has 2 N–H and O–H groups in total. The first-order chi connectivity index (χ1) is 12.7. The summed E-state index contributed by atoms with van der Waals surface area (Å²) in [5.41, 5.74) is 2.44. The third-order valence-electron chi connectivity index (χ3n) is 4.97. The van der Waals surface area contributed by atoms with E-state index in [-0.39, 0.29) is 29.2 Å². The Hall–Kier alpha value is -2.29. The van der Waals surface area contributed by atoms with Crippen LogP contribution in [0.15, 0.2) is 47.4 Å². The van der Waals surface area contributed by atoms with Crippen LogP contribution >= 0.6 is 0 Å². The first-order valence-corrected chi connectivity index (χ1v) is 10.1. The Morgan fingerprint density at radius 2 is 1.93 bits per heavy atom. The van der Waals surface area contributed by atoms with Crippen LogP contribution in [0.1, 0.15) is 24.1 Å². The van der Waals surface area contributed by atoms with Crippen molar-refractivity contribution in [1.29, 1.82) is 0 Å². The van der Waals surface area contributed by atoms with E-state index in [1.54, 1.807) is 23.1 Å². The summed E-state index contributed by atoms with van der Waals surface area (Å²) in [6.07, 6.45) is 0.585. The van der Waals surface area contributed by atoms with Crippen molar-refractivity contribution < 1.29 is 17.6 Å². The van der Waals surface area contributed by atoms with Gasteiger partial charge >= 0.3 is 0 Å². The number of hydrogen-bond donors (Lipinski definition) is 1. The van der Waals surface area contributed by atoms with Crippen molar-refractivity contribution in [2.45, 2.75) is 24.3 Å². The molecule has 0 saturated heterocycles. The molecule has 1 unspecified atom stereocenters. The van der Waals surface area contributed by atoms with Gasteiger partial charge in [-0.15, -0.1) is 0 Å². The smallest absolute Gasteiger partial charge is 0.241 e. The number of carbonyl (C=O) groups is 1. The lowest BCUT2D eigenvalue weighted by Crippen LogP contribution is -2.39. The van der Waals surface area contributed by atoms with Gasteiger partial charge in [-0.1, -0.05) is 12.1 Å². The van der Waals surface area contributed by atoms with Crippen molar-refractivity contribution in [3.05, 3.63) is 59.4 Å². The Labute approximate surface area is 158 Å². The summed E-state index contributed by atoms with van der Waals surface area (Å²) in [7, 11) is -1.92. The topological polar surface area (TPSA) is 83.7 Å². The molecule has 2 aromatic carbocycles. The molecule has 3 rings (SSSR count). The van der Waals surface area contributed by atoms with Crippen LogP contribution in [0.2, 0.25) is 0 Å². The minimum atomic E-state index is -3.76. The number of fused-ring (bicyclic) bond motifs is 1. The van der Waals surface area contributed by atoms with Gasteiger partial charge < -0.3 is 4.90 Å². The van der Waals surface area contributed by atoms with Crippen LogP contribution in [0, 0.1) is 5.82 Å². The molecule has 0 spiro atoms. The molecular formula is C19H22FN3O3S. The van der Waals surface area contributed by atoms with Crippen LogP contribution in [0.4, 0.5) is 10.1 Å². The van der Waals surface area contributed by atoms with E-state index in [0.717, 1.165) is 16.8 Å². The number of carbonyl (C=O) groups excluding carboxylic acids is 1. The fraction of sp³-hybridized carbons (Fsp3) is 0.316. The van der Waals surface area contributed by atoms with Crippen LogP contribution < -0.4 is 10.0 Å². The number of primary sulfonamides is 1. The van der Waals surface area contributed by atoms with E-state index in [1.165, 1.54) is 24.3 Å². The van der Waals surface area contributed by atoms with Gasteiger partial charge in [0, 0.05) is 18.3 Å². The summed E-state index contributed by atoms with van der Waals surface area (Å²) in [5.74, 6) is -0.370. The largest absolute Gasteiger partial charge is 0.311 e. The van der Waals surface area contributed by atoms with Gasteiger partial charge in [0.1, 0.15) is 5.82 Å². The maximum atomic E-state index is 13.1. The zero-order valence-electron chi connectivity index (χ0n) is 15.2. The van der Waals surface area contributed by atoms with Crippen molar-refractivity contribution in [2.24, 2.45) is 5.14 Å². The van der Waals surface area contributed by atoms with Crippen molar-refractivity contribution in [1.82, 2.24) is 4.90 Å². The summed E-state index contributed by atoms with van der Waals surface area (Å²) in [6, 6.07) is 10.8. The molecule has 1 amide bonds. The zero-order chi connectivity index (χ0) is 19.8. The molecule has 2 aromatic rings. The van der Waals surface area contributed by atoms with Gasteiger partial charge in [-0.2, -0.15) is 0 Å². The highest BCUT2D eigenvalue weighted by Gasteiger charge is 2.27. The maximum absolute atomic E-state index is 13.1. The van der Waals surface area contributed by atoms with Crippen LogP contribution in [0.5, 0.6) is 0 Å². The van der Waals surface area contributed by atoms with Gasteiger partial charge in [-0.3, -0.25) is 9.69 Å².